The quantitative estimate of drug-likeness (QED) is 0.490. The number of rotatable bonds is 4. The monoisotopic (exact) mass is 457 g/mol. The fraction of sp³-hybridized carbons (Fsp3) is 0.0909. The fourth-order valence-corrected chi connectivity index (χ4v) is 4.03. The van der Waals surface area contributed by atoms with E-state index < -0.39 is 27.3 Å². The minimum absolute atomic E-state index is 0.0676. The Morgan fingerprint density at radius 1 is 1.16 bits per heavy atom. The molecule has 0 unspecified atom stereocenters. The van der Waals surface area contributed by atoms with E-state index in [9.17, 15) is 17.6 Å². The summed E-state index contributed by atoms with van der Waals surface area (Å²) in [5.41, 5.74) is 3.34. The number of carbonyl (C=O) groups excluding carboxylic acids is 1. The zero-order valence-electron chi connectivity index (χ0n) is 16.6. The molecule has 6 nitrogen and oxygen atoms in total. The Hall–Kier alpha value is -3.23. The molecule has 9 heteroatoms. The number of carbonyl (C=O) groups is 1. The maximum atomic E-state index is 14.8. The zero-order valence-corrected chi connectivity index (χ0v) is 18.1. The summed E-state index contributed by atoms with van der Waals surface area (Å²) in [6.07, 6.45) is 4.23. The van der Waals surface area contributed by atoms with Crippen molar-refractivity contribution in [2.24, 2.45) is 0 Å². The van der Waals surface area contributed by atoms with Crippen LogP contribution in [0.15, 0.2) is 60.9 Å². The summed E-state index contributed by atoms with van der Waals surface area (Å²) in [6, 6.07) is 13.9. The summed E-state index contributed by atoms with van der Waals surface area (Å²) in [7, 11) is -3.85. The summed E-state index contributed by atoms with van der Waals surface area (Å²) in [5.74, 6) is -2.00. The van der Waals surface area contributed by atoms with Gasteiger partial charge < -0.3 is 0 Å². The molecule has 158 valence electrons. The second kappa shape index (κ2) is 7.79. The first-order chi connectivity index (χ1) is 14.6. The van der Waals surface area contributed by atoms with Crippen LogP contribution in [0.4, 0.5) is 4.39 Å². The van der Waals surface area contributed by atoms with Crippen molar-refractivity contribution in [3.63, 3.8) is 0 Å². The van der Waals surface area contributed by atoms with Crippen LogP contribution in [0.25, 0.3) is 27.8 Å². The van der Waals surface area contributed by atoms with E-state index in [1.54, 1.807) is 21.7 Å². The SMILES string of the molecule is Cc1ccc(-c2cn(-c3cc(F)c(C(=O)NS(C)(=O)=O)cc3Cl)c3ncccc23)cc1. The average Bonchev–Trinajstić information content (AvgIpc) is 3.08. The van der Waals surface area contributed by atoms with Gasteiger partial charge in [-0.15, -0.1) is 0 Å². The molecule has 0 atom stereocenters. The van der Waals surface area contributed by atoms with Crippen molar-refractivity contribution < 1.29 is 17.6 Å². The Kier molecular flexibility index (Phi) is 5.28. The first-order valence-corrected chi connectivity index (χ1v) is 11.5. The topological polar surface area (TPSA) is 81.1 Å². The highest BCUT2D eigenvalue weighted by Crippen LogP contribution is 2.34. The summed E-state index contributed by atoms with van der Waals surface area (Å²) >= 11 is 6.38. The van der Waals surface area contributed by atoms with Gasteiger partial charge in [-0.2, -0.15) is 0 Å². The molecule has 0 saturated carbocycles. The van der Waals surface area contributed by atoms with Gasteiger partial charge in [0.2, 0.25) is 10.0 Å². The smallest absolute Gasteiger partial charge is 0.267 e. The molecule has 0 aliphatic carbocycles. The van der Waals surface area contributed by atoms with Gasteiger partial charge >= 0.3 is 0 Å². The lowest BCUT2D eigenvalue weighted by Crippen LogP contribution is -2.30. The Bertz CT molecular complexity index is 1430. The molecule has 2 heterocycles. The zero-order chi connectivity index (χ0) is 22.3. The molecule has 1 amide bonds. The lowest BCUT2D eigenvalue weighted by atomic mass is 10.0. The van der Waals surface area contributed by atoms with Crippen molar-refractivity contribution >= 4 is 38.6 Å². The molecule has 0 aliphatic heterocycles. The number of halogens is 2. The van der Waals surface area contributed by atoms with Crippen molar-refractivity contribution in [3.05, 3.63) is 82.9 Å². The molecule has 4 rings (SSSR count). The molecule has 0 spiro atoms. The van der Waals surface area contributed by atoms with E-state index >= 15 is 0 Å². The molecular formula is C22H17ClFN3O3S. The van der Waals surface area contributed by atoms with Gasteiger partial charge in [-0.25, -0.2) is 22.5 Å². The number of sulfonamides is 1. The molecule has 31 heavy (non-hydrogen) atoms. The van der Waals surface area contributed by atoms with E-state index in [1.807, 2.05) is 43.3 Å². The van der Waals surface area contributed by atoms with Crippen molar-refractivity contribution in [3.8, 4) is 16.8 Å². The van der Waals surface area contributed by atoms with Gasteiger partial charge in [0.05, 0.1) is 22.5 Å². The second-order valence-electron chi connectivity index (χ2n) is 7.14. The summed E-state index contributed by atoms with van der Waals surface area (Å²) < 4.78 is 40.8. The third-order valence-corrected chi connectivity index (χ3v) is 5.60. The molecule has 1 N–H and O–H groups in total. The van der Waals surface area contributed by atoms with Gasteiger partial charge in [0.25, 0.3) is 5.91 Å². The number of nitrogens with one attached hydrogen (secondary N) is 1. The summed E-state index contributed by atoms with van der Waals surface area (Å²) in [5, 5.41) is 0.916. The number of aryl methyl sites for hydroxylation is 1. The number of pyridine rings is 1. The van der Waals surface area contributed by atoms with E-state index in [4.69, 9.17) is 11.6 Å². The van der Waals surface area contributed by atoms with Crippen molar-refractivity contribution in [2.75, 3.05) is 6.26 Å². The third kappa shape index (κ3) is 4.17. The average molecular weight is 458 g/mol. The van der Waals surface area contributed by atoms with Crippen LogP contribution in [-0.2, 0) is 10.0 Å². The molecule has 0 aliphatic rings. The number of amides is 1. The van der Waals surface area contributed by atoms with Crippen LogP contribution in [0.5, 0.6) is 0 Å². The highest BCUT2D eigenvalue weighted by Gasteiger charge is 2.21. The number of fused-ring (bicyclic) bond motifs is 1. The first-order valence-electron chi connectivity index (χ1n) is 9.19. The first kappa shape index (κ1) is 21.0. The predicted octanol–water partition coefficient (Wildman–Crippen LogP) is 4.48. The van der Waals surface area contributed by atoms with E-state index in [1.165, 1.54) is 0 Å². The van der Waals surface area contributed by atoms with Gasteiger partial charge in [0.15, 0.2) is 0 Å². The normalized spacial score (nSPS) is 11.6. The Balaban J connectivity index is 1.87. The van der Waals surface area contributed by atoms with Crippen LogP contribution in [-0.4, -0.2) is 30.1 Å². The minimum Gasteiger partial charge on any atom is -0.299 e. The van der Waals surface area contributed by atoms with E-state index in [-0.39, 0.29) is 10.7 Å². The minimum atomic E-state index is -3.85. The molecule has 0 saturated heterocycles. The third-order valence-electron chi connectivity index (χ3n) is 4.74. The number of hydrogen-bond acceptors (Lipinski definition) is 4. The Morgan fingerprint density at radius 2 is 1.87 bits per heavy atom. The number of hydrogen-bond donors (Lipinski definition) is 1. The van der Waals surface area contributed by atoms with Crippen LogP contribution < -0.4 is 4.72 Å². The highest BCUT2D eigenvalue weighted by molar-refractivity contribution is 7.89. The molecule has 2 aromatic carbocycles. The number of aromatic nitrogens is 2. The lowest BCUT2D eigenvalue weighted by Gasteiger charge is -2.10. The lowest BCUT2D eigenvalue weighted by molar-refractivity contribution is 0.0978. The van der Waals surface area contributed by atoms with Gasteiger partial charge in [-0.1, -0.05) is 41.4 Å². The van der Waals surface area contributed by atoms with Crippen LogP contribution >= 0.6 is 11.6 Å². The molecule has 2 aromatic heterocycles. The maximum Gasteiger partial charge on any atom is 0.267 e. The van der Waals surface area contributed by atoms with Gasteiger partial charge in [-0.05, 0) is 30.7 Å². The number of nitrogens with zero attached hydrogens (tertiary/aromatic N) is 2. The Labute approximate surface area is 183 Å². The van der Waals surface area contributed by atoms with E-state index in [0.717, 1.165) is 40.5 Å². The Morgan fingerprint density at radius 3 is 2.55 bits per heavy atom. The molecule has 0 fully saturated rings. The standard InChI is InChI=1S/C22H17ClFN3O3S/c1-13-5-7-14(8-6-13)17-12-27(21-15(17)4-3-9-25-21)20-11-19(24)16(10-18(20)23)22(28)26-31(2,29)30/h3-12H,1-2H3,(H,26,28). The summed E-state index contributed by atoms with van der Waals surface area (Å²) in [4.78, 5) is 16.5. The van der Waals surface area contributed by atoms with Gasteiger partial charge in [-0.3, -0.25) is 9.36 Å². The van der Waals surface area contributed by atoms with E-state index in [2.05, 4.69) is 4.98 Å². The molecule has 0 bridgehead atoms. The molecular weight excluding hydrogens is 441 g/mol. The van der Waals surface area contributed by atoms with Gasteiger partial charge in [0, 0.05) is 29.4 Å². The maximum absolute atomic E-state index is 14.8. The van der Waals surface area contributed by atoms with E-state index in [0.29, 0.717) is 5.65 Å². The molecule has 0 radical (unpaired) electrons. The largest absolute Gasteiger partial charge is 0.299 e. The predicted molar refractivity (Wildman–Crippen MR) is 119 cm³/mol. The van der Waals surface area contributed by atoms with Crippen molar-refractivity contribution in [1.82, 2.24) is 14.3 Å². The second-order valence-corrected chi connectivity index (χ2v) is 9.30. The van der Waals surface area contributed by atoms with Crippen molar-refractivity contribution in [1.29, 1.82) is 0 Å². The van der Waals surface area contributed by atoms with Crippen LogP contribution in [0.2, 0.25) is 5.02 Å². The summed E-state index contributed by atoms with van der Waals surface area (Å²) in [6.45, 7) is 2.00. The van der Waals surface area contributed by atoms with Crippen molar-refractivity contribution in [2.45, 2.75) is 6.92 Å². The fourth-order valence-electron chi connectivity index (χ4n) is 3.32. The molecule has 4 aromatic rings. The highest BCUT2D eigenvalue weighted by atomic mass is 35.5. The van der Waals surface area contributed by atoms with Crippen LogP contribution in [0.1, 0.15) is 15.9 Å². The van der Waals surface area contributed by atoms with Crippen LogP contribution in [0.3, 0.4) is 0 Å². The van der Waals surface area contributed by atoms with Gasteiger partial charge in [0.1, 0.15) is 11.5 Å². The van der Waals surface area contributed by atoms with Crippen LogP contribution in [0, 0.1) is 12.7 Å². The number of benzene rings is 2.